The van der Waals surface area contributed by atoms with Crippen molar-refractivity contribution in [2.24, 2.45) is 0 Å². The number of carboxylic acids is 1. The third-order valence-corrected chi connectivity index (χ3v) is 7.20. The number of rotatable bonds is 9. The summed E-state index contributed by atoms with van der Waals surface area (Å²) >= 11 is 0. The predicted octanol–water partition coefficient (Wildman–Crippen LogP) is 4.61. The molecule has 1 N–H and O–H groups in total. The second-order valence-corrected chi connectivity index (χ2v) is 9.72. The minimum absolute atomic E-state index is 0.00102. The van der Waals surface area contributed by atoms with Gasteiger partial charge in [0.15, 0.2) is 0 Å². The maximum absolute atomic E-state index is 13.8. The Balaban J connectivity index is 1.97. The topological polar surface area (TPSA) is 92.5 Å². The quantitative estimate of drug-likeness (QED) is 0.377. The highest BCUT2D eigenvalue weighted by Gasteiger charge is 2.29. The fraction of sp³-hybridized carbons (Fsp3) is 0.200. The summed E-state index contributed by atoms with van der Waals surface area (Å²) in [5, 5.41) is 9.55. The maximum Gasteiger partial charge on any atom is 0.323 e. The molecule has 0 amide bonds. The molecule has 1 heterocycles. The Bertz CT molecular complexity index is 1420. The first-order valence-electron chi connectivity index (χ1n) is 10.8. The van der Waals surface area contributed by atoms with Crippen LogP contribution in [-0.4, -0.2) is 29.0 Å². The summed E-state index contributed by atoms with van der Waals surface area (Å²) in [6.07, 6.45) is 1.30. The Labute approximate surface area is 197 Å². The van der Waals surface area contributed by atoms with Crippen molar-refractivity contribution in [2.45, 2.75) is 37.8 Å². The van der Waals surface area contributed by atoms with Gasteiger partial charge in [0.25, 0.3) is 10.0 Å². The van der Waals surface area contributed by atoms with Crippen molar-refractivity contribution in [3.8, 4) is 0 Å². The summed E-state index contributed by atoms with van der Waals surface area (Å²) < 4.78 is 44.0. The van der Waals surface area contributed by atoms with Crippen LogP contribution in [0.2, 0.25) is 0 Å². The SMILES string of the molecule is CCCc1nc2cccc(N(Cc3ccccc3)S(=O)(=O)c3ccc(F)cc3)c2n1CC(=O)O. The average Bonchev–Trinajstić information content (AvgIpc) is 3.15. The first-order valence-corrected chi connectivity index (χ1v) is 12.3. The number of aromatic nitrogens is 2. The van der Waals surface area contributed by atoms with Crippen molar-refractivity contribution in [1.29, 1.82) is 0 Å². The van der Waals surface area contributed by atoms with Gasteiger partial charge in [0.1, 0.15) is 18.2 Å². The van der Waals surface area contributed by atoms with Gasteiger partial charge in [-0.1, -0.05) is 43.3 Å². The van der Waals surface area contributed by atoms with E-state index in [1.54, 1.807) is 22.8 Å². The van der Waals surface area contributed by atoms with Gasteiger partial charge >= 0.3 is 5.97 Å². The van der Waals surface area contributed by atoms with E-state index in [2.05, 4.69) is 4.98 Å². The van der Waals surface area contributed by atoms with Crippen LogP contribution in [-0.2, 0) is 34.3 Å². The summed E-state index contributed by atoms with van der Waals surface area (Å²) in [5.41, 5.74) is 1.98. The van der Waals surface area contributed by atoms with Gasteiger partial charge in [-0.2, -0.15) is 0 Å². The number of carbonyl (C=O) groups is 1. The summed E-state index contributed by atoms with van der Waals surface area (Å²) in [6, 6.07) is 18.8. The number of aliphatic carboxylic acids is 1. The van der Waals surface area contributed by atoms with Gasteiger partial charge in [0.05, 0.1) is 28.2 Å². The summed E-state index contributed by atoms with van der Waals surface area (Å²) in [7, 11) is -4.13. The lowest BCUT2D eigenvalue weighted by molar-refractivity contribution is -0.137. The smallest absolute Gasteiger partial charge is 0.323 e. The minimum Gasteiger partial charge on any atom is -0.480 e. The molecule has 9 heteroatoms. The molecule has 0 unspecified atom stereocenters. The molecule has 7 nitrogen and oxygen atoms in total. The molecule has 0 fully saturated rings. The molecule has 4 aromatic rings. The van der Waals surface area contributed by atoms with Gasteiger partial charge in [-0.05, 0) is 48.4 Å². The molecule has 0 saturated heterocycles. The zero-order valence-corrected chi connectivity index (χ0v) is 19.4. The van der Waals surface area contributed by atoms with Gasteiger partial charge < -0.3 is 9.67 Å². The van der Waals surface area contributed by atoms with Gasteiger partial charge in [-0.15, -0.1) is 0 Å². The van der Waals surface area contributed by atoms with Crippen molar-refractivity contribution in [3.05, 3.63) is 90.0 Å². The molecular weight excluding hydrogens is 457 g/mol. The number of hydrogen-bond acceptors (Lipinski definition) is 4. The van der Waals surface area contributed by atoms with Gasteiger partial charge in [-0.25, -0.2) is 17.8 Å². The number of benzene rings is 3. The van der Waals surface area contributed by atoms with Gasteiger partial charge in [0.2, 0.25) is 0 Å². The van der Waals surface area contributed by atoms with Crippen LogP contribution in [0.1, 0.15) is 24.7 Å². The van der Waals surface area contributed by atoms with Crippen molar-refractivity contribution in [1.82, 2.24) is 9.55 Å². The van der Waals surface area contributed by atoms with E-state index in [1.165, 1.54) is 16.4 Å². The largest absolute Gasteiger partial charge is 0.480 e. The van der Waals surface area contributed by atoms with Crippen LogP contribution in [0.4, 0.5) is 10.1 Å². The lowest BCUT2D eigenvalue weighted by atomic mass is 10.2. The fourth-order valence-corrected chi connectivity index (χ4v) is 5.38. The normalized spacial score (nSPS) is 11.6. The maximum atomic E-state index is 13.8. The number of imidazole rings is 1. The third kappa shape index (κ3) is 4.65. The van der Waals surface area contributed by atoms with E-state index in [0.717, 1.165) is 24.1 Å². The molecule has 0 radical (unpaired) electrons. The molecule has 4 rings (SSSR count). The van der Waals surface area contributed by atoms with Crippen LogP contribution >= 0.6 is 0 Å². The van der Waals surface area contributed by atoms with Crippen molar-refractivity contribution in [2.75, 3.05) is 4.31 Å². The number of hydrogen-bond donors (Lipinski definition) is 1. The molecule has 3 aromatic carbocycles. The van der Waals surface area contributed by atoms with E-state index in [4.69, 9.17) is 0 Å². The van der Waals surface area contributed by atoms with Gasteiger partial charge in [0, 0.05) is 6.42 Å². The number of anilines is 1. The van der Waals surface area contributed by atoms with Crippen LogP contribution < -0.4 is 4.31 Å². The van der Waals surface area contributed by atoms with Gasteiger partial charge in [-0.3, -0.25) is 9.10 Å². The molecule has 176 valence electrons. The highest BCUT2D eigenvalue weighted by molar-refractivity contribution is 7.92. The van der Waals surface area contributed by atoms with Crippen molar-refractivity contribution in [3.63, 3.8) is 0 Å². The lowest BCUT2D eigenvalue weighted by Gasteiger charge is -2.26. The molecule has 0 spiro atoms. The molecule has 0 saturated carbocycles. The molecule has 0 aliphatic carbocycles. The molecule has 0 aliphatic heterocycles. The first-order chi connectivity index (χ1) is 16.3. The van der Waals surface area contributed by atoms with E-state index in [-0.39, 0.29) is 18.0 Å². The zero-order valence-electron chi connectivity index (χ0n) is 18.6. The summed E-state index contributed by atoms with van der Waals surface area (Å²) in [4.78, 5) is 16.2. The van der Waals surface area contributed by atoms with Crippen LogP contribution in [0.5, 0.6) is 0 Å². The molecular formula is C25H24FN3O4S. The number of fused-ring (bicyclic) bond motifs is 1. The third-order valence-electron chi connectivity index (χ3n) is 5.43. The Morgan fingerprint density at radius 3 is 2.38 bits per heavy atom. The number of carboxylic acid groups (broad SMARTS) is 1. The highest BCUT2D eigenvalue weighted by Crippen LogP contribution is 2.33. The van der Waals surface area contributed by atoms with Crippen LogP contribution in [0.3, 0.4) is 0 Å². The number of sulfonamides is 1. The molecule has 1 aromatic heterocycles. The molecule has 34 heavy (non-hydrogen) atoms. The van der Waals surface area contributed by atoms with E-state index in [9.17, 15) is 22.7 Å². The van der Waals surface area contributed by atoms with Crippen LogP contribution in [0.25, 0.3) is 11.0 Å². The predicted molar refractivity (Wildman–Crippen MR) is 128 cm³/mol. The Kier molecular flexibility index (Phi) is 6.65. The number of halogens is 1. The monoisotopic (exact) mass is 481 g/mol. The highest BCUT2D eigenvalue weighted by atomic mass is 32.2. The van der Waals surface area contributed by atoms with Crippen molar-refractivity contribution >= 4 is 32.7 Å². The Morgan fingerprint density at radius 2 is 1.74 bits per heavy atom. The summed E-state index contributed by atoms with van der Waals surface area (Å²) in [6.45, 7) is 1.62. The van der Waals surface area contributed by atoms with Crippen LogP contribution in [0.15, 0.2) is 77.7 Å². The molecule has 0 bridgehead atoms. The second-order valence-electron chi connectivity index (χ2n) is 7.85. The number of aryl methyl sites for hydroxylation is 1. The number of nitrogens with zero attached hydrogens (tertiary/aromatic N) is 3. The minimum atomic E-state index is -4.13. The van der Waals surface area contributed by atoms with Crippen LogP contribution in [0, 0.1) is 5.82 Å². The van der Waals surface area contributed by atoms with E-state index in [0.29, 0.717) is 29.0 Å². The number of para-hydroxylation sites is 1. The Morgan fingerprint density at radius 1 is 1.03 bits per heavy atom. The standard InChI is InChI=1S/C25H24FN3O4S/c1-2-7-23-27-21-10-6-11-22(25(21)28(23)17-24(30)31)29(16-18-8-4-3-5-9-18)34(32,33)20-14-12-19(26)13-15-20/h3-6,8-15H,2,7,16-17H2,1H3,(H,30,31). The first kappa shape index (κ1) is 23.4. The second kappa shape index (κ2) is 9.64. The molecule has 0 atom stereocenters. The zero-order chi connectivity index (χ0) is 24.3. The molecule has 0 aliphatic rings. The summed E-state index contributed by atoms with van der Waals surface area (Å²) in [5.74, 6) is -1.02. The fourth-order valence-electron chi connectivity index (χ4n) is 3.92. The lowest BCUT2D eigenvalue weighted by Crippen LogP contribution is -2.31. The van der Waals surface area contributed by atoms with E-state index in [1.807, 2.05) is 37.3 Å². The van der Waals surface area contributed by atoms with E-state index >= 15 is 0 Å². The average molecular weight is 482 g/mol. The van der Waals surface area contributed by atoms with E-state index < -0.39 is 21.8 Å². The Hall–Kier alpha value is -3.72. The van der Waals surface area contributed by atoms with Crippen molar-refractivity contribution < 1.29 is 22.7 Å².